The van der Waals surface area contributed by atoms with E-state index in [1.165, 1.54) is 18.3 Å². The maximum Gasteiger partial charge on any atom is 0.335 e. The summed E-state index contributed by atoms with van der Waals surface area (Å²) in [6.07, 6.45) is 1.27. The molecule has 0 saturated carbocycles. The number of pyridine rings is 1. The Balaban J connectivity index is 2.39. The lowest BCUT2D eigenvalue weighted by Gasteiger charge is -2.03. The molecule has 2 rings (SSSR count). The second-order valence-electron chi connectivity index (χ2n) is 3.66. The highest BCUT2D eigenvalue weighted by molar-refractivity contribution is 7.99. The van der Waals surface area contributed by atoms with E-state index < -0.39 is 16.7 Å². The molecule has 0 radical (unpaired) electrons. The zero-order valence-electron chi connectivity index (χ0n) is 9.82. The van der Waals surface area contributed by atoms with E-state index in [0.717, 1.165) is 30.0 Å². The Morgan fingerprint density at radius 2 is 2.10 bits per heavy atom. The smallest absolute Gasteiger partial charge is 0.335 e. The summed E-state index contributed by atoms with van der Waals surface area (Å²) in [5.74, 6) is -1.75. The number of hydrogen-bond donors (Lipinski definition) is 1. The van der Waals surface area contributed by atoms with E-state index in [1.807, 2.05) is 0 Å². The van der Waals surface area contributed by atoms with E-state index in [1.54, 1.807) is 0 Å². The standard InChI is InChI=1S/C12H7FN2O4S/c13-8-1-2-9(15(18)19)10(6-8)20-11-5-7(12(16)17)3-4-14-11/h1-6H,(H,16,17). The highest BCUT2D eigenvalue weighted by Gasteiger charge is 2.16. The number of carbonyl (C=O) groups is 1. The van der Waals surface area contributed by atoms with Crippen LogP contribution in [0.1, 0.15) is 10.4 Å². The Morgan fingerprint density at radius 3 is 2.75 bits per heavy atom. The topological polar surface area (TPSA) is 93.3 Å². The van der Waals surface area contributed by atoms with Crippen LogP contribution in [-0.4, -0.2) is 21.0 Å². The van der Waals surface area contributed by atoms with Crippen LogP contribution in [0.3, 0.4) is 0 Å². The van der Waals surface area contributed by atoms with Crippen LogP contribution >= 0.6 is 11.8 Å². The van der Waals surface area contributed by atoms with Crippen LogP contribution in [0, 0.1) is 15.9 Å². The summed E-state index contributed by atoms with van der Waals surface area (Å²) in [6, 6.07) is 5.62. The summed E-state index contributed by atoms with van der Waals surface area (Å²) in [5.41, 5.74) is -0.263. The van der Waals surface area contributed by atoms with Gasteiger partial charge in [0.1, 0.15) is 10.8 Å². The van der Waals surface area contributed by atoms with Crippen LogP contribution in [0.5, 0.6) is 0 Å². The zero-order valence-corrected chi connectivity index (χ0v) is 10.6. The molecule has 6 nitrogen and oxygen atoms in total. The molecule has 102 valence electrons. The Hall–Kier alpha value is -2.48. The molecule has 0 fully saturated rings. The van der Waals surface area contributed by atoms with Gasteiger partial charge in [-0.1, -0.05) is 11.8 Å². The molecule has 0 aliphatic rings. The summed E-state index contributed by atoms with van der Waals surface area (Å²) >= 11 is 0.832. The van der Waals surface area contributed by atoms with Gasteiger partial charge >= 0.3 is 5.97 Å². The molecule has 1 N–H and O–H groups in total. The van der Waals surface area contributed by atoms with E-state index in [-0.39, 0.29) is 21.2 Å². The molecule has 0 saturated heterocycles. The van der Waals surface area contributed by atoms with Gasteiger partial charge in [-0.2, -0.15) is 0 Å². The zero-order chi connectivity index (χ0) is 14.7. The Morgan fingerprint density at radius 1 is 1.35 bits per heavy atom. The summed E-state index contributed by atoms with van der Waals surface area (Å²) in [7, 11) is 0. The molecule has 0 amide bonds. The SMILES string of the molecule is O=C(O)c1ccnc(Sc2cc(F)ccc2[N+](=O)[O-])c1. The van der Waals surface area contributed by atoms with Crippen LogP contribution in [0.2, 0.25) is 0 Å². The number of carboxylic acids is 1. The highest BCUT2D eigenvalue weighted by Crippen LogP contribution is 2.34. The molecule has 8 heteroatoms. The number of nitrogens with zero attached hydrogens (tertiary/aromatic N) is 2. The van der Waals surface area contributed by atoms with Crippen LogP contribution < -0.4 is 0 Å². The summed E-state index contributed by atoms with van der Waals surface area (Å²) in [5, 5.41) is 19.9. The third-order valence-electron chi connectivity index (χ3n) is 2.31. The molecule has 0 unspecified atom stereocenters. The van der Waals surface area contributed by atoms with Crippen molar-refractivity contribution in [2.75, 3.05) is 0 Å². The van der Waals surface area contributed by atoms with Crippen LogP contribution in [-0.2, 0) is 0 Å². The van der Waals surface area contributed by atoms with Gasteiger partial charge in [-0.25, -0.2) is 14.2 Å². The monoisotopic (exact) mass is 294 g/mol. The summed E-state index contributed by atoms with van der Waals surface area (Å²) in [6.45, 7) is 0. The largest absolute Gasteiger partial charge is 0.478 e. The molecule has 1 aromatic carbocycles. The van der Waals surface area contributed by atoms with Crippen molar-refractivity contribution < 1.29 is 19.2 Å². The Kier molecular flexibility index (Phi) is 3.94. The van der Waals surface area contributed by atoms with Gasteiger partial charge in [-0.3, -0.25) is 10.1 Å². The van der Waals surface area contributed by atoms with Crippen molar-refractivity contribution in [1.82, 2.24) is 4.98 Å². The molecular formula is C12H7FN2O4S. The minimum absolute atomic E-state index is 0.00144. The predicted molar refractivity (Wildman–Crippen MR) is 68.4 cm³/mol. The molecule has 2 aromatic rings. The molecule has 0 spiro atoms. The fourth-order valence-electron chi connectivity index (χ4n) is 1.43. The number of halogens is 1. The summed E-state index contributed by atoms with van der Waals surface area (Å²) < 4.78 is 13.2. The second-order valence-corrected chi connectivity index (χ2v) is 4.72. The predicted octanol–water partition coefficient (Wildman–Crippen LogP) is 2.98. The first-order chi connectivity index (χ1) is 9.47. The van der Waals surface area contributed by atoms with Crippen LogP contribution in [0.15, 0.2) is 46.5 Å². The van der Waals surface area contributed by atoms with E-state index in [9.17, 15) is 19.3 Å². The van der Waals surface area contributed by atoms with Gasteiger partial charge in [0.15, 0.2) is 0 Å². The number of hydrogen-bond acceptors (Lipinski definition) is 5. The fraction of sp³-hybridized carbons (Fsp3) is 0. The molecule has 1 aromatic heterocycles. The number of rotatable bonds is 4. The van der Waals surface area contributed by atoms with Crippen LogP contribution in [0.4, 0.5) is 10.1 Å². The maximum absolute atomic E-state index is 13.2. The third kappa shape index (κ3) is 3.09. The van der Waals surface area contributed by atoms with Gasteiger partial charge in [0, 0.05) is 12.3 Å². The van der Waals surface area contributed by atoms with Gasteiger partial charge in [-0.15, -0.1) is 0 Å². The number of benzene rings is 1. The van der Waals surface area contributed by atoms with E-state index >= 15 is 0 Å². The number of nitro groups is 1. The molecule has 1 heterocycles. The van der Waals surface area contributed by atoms with Gasteiger partial charge in [0.25, 0.3) is 5.69 Å². The van der Waals surface area contributed by atoms with Crippen molar-refractivity contribution in [3.8, 4) is 0 Å². The number of aromatic carboxylic acids is 1. The Bertz CT molecular complexity index is 693. The van der Waals surface area contributed by atoms with E-state index in [4.69, 9.17) is 5.11 Å². The number of aromatic nitrogens is 1. The lowest BCUT2D eigenvalue weighted by molar-refractivity contribution is -0.387. The lowest BCUT2D eigenvalue weighted by atomic mass is 10.3. The van der Waals surface area contributed by atoms with E-state index in [2.05, 4.69) is 4.98 Å². The van der Waals surface area contributed by atoms with Crippen molar-refractivity contribution in [2.24, 2.45) is 0 Å². The first kappa shape index (κ1) is 13.9. The lowest BCUT2D eigenvalue weighted by Crippen LogP contribution is -1.97. The van der Waals surface area contributed by atoms with Crippen molar-refractivity contribution in [1.29, 1.82) is 0 Å². The molecule has 20 heavy (non-hydrogen) atoms. The second kappa shape index (κ2) is 5.66. The minimum atomic E-state index is -1.14. The number of nitro benzene ring substituents is 1. The van der Waals surface area contributed by atoms with Crippen LogP contribution in [0.25, 0.3) is 0 Å². The first-order valence-corrected chi connectivity index (χ1v) is 6.10. The van der Waals surface area contributed by atoms with Crippen molar-refractivity contribution in [3.63, 3.8) is 0 Å². The van der Waals surface area contributed by atoms with Crippen molar-refractivity contribution in [2.45, 2.75) is 9.92 Å². The van der Waals surface area contributed by atoms with Gasteiger partial charge in [0.2, 0.25) is 0 Å². The Labute approximate surface area is 116 Å². The highest BCUT2D eigenvalue weighted by atomic mass is 32.2. The van der Waals surface area contributed by atoms with Gasteiger partial charge < -0.3 is 5.11 Å². The first-order valence-electron chi connectivity index (χ1n) is 5.28. The van der Waals surface area contributed by atoms with Crippen molar-refractivity contribution >= 4 is 23.4 Å². The molecule has 0 aliphatic heterocycles. The van der Waals surface area contributed by atoms with Crippen molar-refractivity contribution in [3.05, 3.63) is 58.0 Å². The molecular weight excluding hydrogens is 287 g/mol. The third-order valence-corrected chi connectivity index (χ3v) is 3.29. The van der Waals surface area contributed by atoms with E-state index in [0.29, 0.717) is 0 Å². The average Bonchev–Trinajstić information content (AvgIpc) is 2.38. The minimum Gasteiger partial charge on any atom is -0.478 e. The fourth-order valence-corrected chi connectivity index (χ4v) is 2.37. The summed E-state index contributed by atoms with van der Waals surface area (Å²) in [4.78, 5) is 25.0. The molecule has 0 aliphatic carbocycles. The quantitative estimate of drug-likeness (QED) is 0.688. The number of carboxylic acid groups (broad SMARTS) is 1. The van der Waals surface area contributed by atoms with Gasteiger partial charge in [0.05, 0.1) is 15.4 Å². The average molecular weight is 294 g/mol. The van der Waals surface area contributed by atoms with Gasteiger partial charge in [-0.05, 0) is 24.3 Å². The normalized spacial score (nSPS) is 10.2. The molecule has 0 bridgehead atoms. The maximum atomic E-state index is 13.2. The molecule has 0 atom stereocenters.